The SMILES string of the molecule is CCOC(=O)c1cnc(NC2(c3ccccc3)CCN(Sc3ccc(C(F)(F)F)cc3)CC2)nc1. The van der Waals surface area contributed by atoms with Gasteiger partial charge in [0.1, 0.15) is 0 Å². The number of alkyl halides is 3. The van der Waals surface area contributed by atoms with Gasteiger partial charge in [-0.1, -0.05) is 30.3 Å². The predicted molar refractivity (Wildman–Crippen MR) is 128 cm³/mol. The molecule has 184 valence electrons. The first-order chi connectivity index (χ1) is 16.8. The highest BCUT2D eigenvalue weighted by Gasteiger charge is 2.37. The molecule has 1 aliphatic heterocycles. The molecule has 1 aromatic heterocycles. The van der Waals surface area contributed by atoms with Crippen LogP contribution in [0.5, 0.6) is 0 Å². The number of halogens is 3. The summed E-state index contributed by atoms with van der Waals surface area (Å²) in [6.07, 6.45) is 0.0103. The lowest BCUT2D eigenvalue weighted by Crippen LogP contribution is -2.45. The van der Waals surface area contributed by atoms with Crippen molar-refractivity contribution >= 4 is 23.9 Å². The number of carbonyl (C=O) groups is 1. The van der Waals surface area contributed by atoms with Gasteiger partial charge in [0.25, 0.3) is 0 Å². The average Bonchev–Trinajstić information content (AvgIpc) is 2.86. The standard InChI is InChI=1S/C25H25F3N4O2S/c1-2-34-22(33)18-16-29-23(30-17-18)31-24(19-6-4-3-5-7-19)12-14-32(15-13-24)35-21-10-8-20(9-11-21)25(26,27)28/h3-11,16-17H,2,12-15H2,1H3,(H,29,30,31). The molecular weight excluding hydrogens is 477 g/mol. The van der Waals surface area contributed by atoms with Gasteiger partial charge in [0.15, 0.2) is 0 Å². The molecule has 1 fully saturated rings. The van der Waals surface area contributed by atoms with E-state index in [2.05, 4.69) is 31.7 Å². The van der Waals surface area contributed by atoms with Crippen molar-refractivity contribution in [3.05, 3.63) is 83.7 Å². The van der Waals surface area contributed by atoms with Crippen molar-refractivity contribution in [2.75, 3.05) is 25.0 Å². The maximum absolute atomic E-state index is 12.8. The average molecular weight is 503 g/mol. The number of hydrogen-bond acceptors (Lipinski definition) is 7. The largest absolute Gasteiger partial charge is 0.462 e. The van der Waals surface area contributed by atoms with E-state index in [1.807, 2.05) is 18.2 Å². The first-order valence-corrected chi connectivity index (χ1v) is 12.0. The van der Waals surface area contributed by atoms with E-state index in [0.29, 0.717) is 19.0 Å². The predicted octanol–water partition coefficient (Wildman–Crippen LogP) is 5.78. The van der Waals surface area contributed by atoms with Crippen molar-refractivity contribution in [2.45, 2.75) is 36.4 Å². The molecule has 3 aromatic rings. The molecular formula is C25H25F3N4O2S. The molecule has 35 heavy (non-hydrogen) atoms. The van der Waals surface area contributed by atoms with Crippen LogP contribution in [0.3, 0.4) is 0 Å². The molecule has 1 aliphatic rings. The highest BCUT2D eigenvalue weighted by atomic mass is 32.2. The minimum absolute atomic E-state index is 0.275. The van der Waals surface area contributed by atoms with Crippen LogP contribution in [0.1, 0.15) is 41.3 Å². The zero-order valence-corrected chi connectivity index (χ0v) is 19.9. The molecule has 1 saturated heterocycles. The Morgan fingerprint density at radius 1 is 1.06 bits per heavy atom. The summed E-state index contributed by atoms with van der Waals surface area (Å²) in [5, 5.41) is 3.48. The van der Waals surface area contributed by atoms with Crippen LogP contribution in [-0.2, 0) is 16.5 Å². The molecule has 0 radical (unpaired) electrons. The molecule has 10 heteroatoms. The van der Waals surface area contributed by atoms with E-state index in [9.17, 15) is 18.0 Å². The number of piperidine rings is 1. The Labute approximate surface area is 206 Å². The summed E-state index contributed by atoms with van der Waals surface area (Å²) >= 11 is 1.45. The number of nitrogens with zero attached hydrogens (tertiary/aromatic N) is 3. The van der Waals surface area contributed by atoms with Gasteiger partial charge in [-0.05, 0) is 61.5 Å². The van der Waals surface area contributed by atoms with Crippen molar-refractivity contribution in [1.29, 1.82) is 0 Å². The molecule has 0 saturated carbocycles. The number of benzene rings is 2. The Hall–Kier alpha value is -3.11. The molecule has 0 amide bonds. The van der Waals surface area contributed by atoms with Crippen LogP contribution in [-0.4, -0.2) is 39.9 Å². The van der Waals surface area contributed by atoms with Crippen LogP contribution in [0.25, 0.3) is 0 Å². The molecule has 0 bridgehead atoms. The van der Waals surface area contributed by atoms with Gasteiger partial charge in [0.2, 0.25) is 5.95 Å². The molecule has 6 nitrogen and oxygen atoms in total. The first kappa shape index (κ1) is 25.0. The van der Waals surface area contributed by atoms with Gasteiger partial charge in [-0.2, -0.15) is 13.2 Å². The smallest absolute Gasteiger partial charge is 0.416 e. The molecule has 2 heterocycles. The maximum Gasteiger partial charge on any atom is 0.416 e. The van der Waals surface area contributed by atoms with Crippen LogP contribution in [0.2, 0.25) is 0 Å². The highest BCUT2D eigenvalue weighted by molar-refractivity contribution is 7.97. The Kier molecular flexibility index (Phi) is 7.61. The van der Waals surface area contributed by atoms with E-state index >= 15 is 0 Å². The van der Waals surface area contributed by atoms with E-state index in [4.69, 9.17) is 4.74 Å². The summed E-state index contributed by atoms with van der Waals surface area (Å²) in [6, 6.07) is 15.3. The second-order valence-electron chi connectivity index (χ2n) is 8.13. The van der Waals surface area contributed by atoms with E-state index in [1.54, 1.807) is 6.92 Å². The lowest BCUT2D eigenvalue weighted by atomic mass is 9.81. The topological polar surface area (TPSA) is 67.3 Å². The Morgan fingerprint density at radius 3 is 2.26 bits per heavy atom. The number of ether oxygens (including phenoxy) is 1. The zero-order valence-electron chi connectivity index (χ0n) is 19.1. The Balaban J connectivity index is 1.46. The van der Waals surface area contributed by atoms with Crippen molar-refractivity contribution < 1.29 is 22.7 Å². The van der Waals surface area contributed by atoms with E-state index in [0.717, 1.165) is 35.4 Å². The Morgan fingerprint density at radius 2 is 1.69 bits per heavy atom. The summed E-state index contributed by atoms with van der Waals surface area (Å²) in [5.74, 6) is -0.0591. The van der Waals surface area contributed by atoms with Gasteiger partial charge in [0, 0.05) is 30.4 Å². The fraction of sp³-hybridized carbons (Fsp3) is 0.320. The maximum atomic E-state index is 12.8. The fourth-order valence-corrected chi connectivity index (χ4v) is 4.90. The second-order valence-corrected chi connectivity index (χ2v) is 9.30. The fourth-order valence-electron chi connectivity index (χ4n) is 3.98. The van der Waals surface area contributed by atoms with Crippen molar-refractivity contribution in [3.63, 3.8) is 0 Å². The summed E-state index contributed by atoms with van der Waals surface area (Å²) in [4.78, 5) is 21.3. The number of carbonyl (C=O) groups excluding carboxylic acids is 1. The minimum atomic E-state index is -4.34. The molecule has 2 aromatic carbocycles. The van der Waals surface area contributed by atoms with Crippen LogP contribution in [0.4, 0.5) is 19.1 Å². The van der Waals surface area contributed by atoms with Crippen LogP contribution in [0.15, 0.2) is 71.9 Å². The van der Waals surface area contributed by atoms with E-state index in [1.165, 1.54) is 36.5 Å². The zero-order chi connectivity index (χ0) is 24.9. The number of rotatable bonds is 7. The van der Waals surface area contributed by atoms with E-state index in [-0.39, 0.29) is 12.2 Å². The van der Waals surface area contributed by atoms with Crippen LogP contribution in [0, 0.1) is 0 Å². The van der Waals surface area contributed by atoms with Crippen molar-refractivity contribution in [1.82, 2.24) is 14.3 Å². The minimum Gasteiger partial charge on any atom is -0.462 e. The molecule has 0 atom stereocenters. The third-order valence-electron chi connectivity index (χ3n) is 5.83. The van der Waals surface area contributed by atoms with Crippen LogP contribution >= 0.6 is 11.9 Å². The van der Waals surface area contributed by atoms with Gasteiger partial charge in [0.05, 0.1) is 23.3 Å². The number of nitrogens with one attached hydrogen (secondary N) is 1. The second kappa shape index (κ2) is 10.7. The number of anilines is 1. The van der Waals surface area contributed by atoms with Crippen LogP contribution < -0.4 is 5.32 Å². The lowest BCUT2D eigenvalue weighted by Gasteiger charge is -2.42. The molecule has 0 unspecified atom stereocenters. The normalized spacial score (nSPS) is 16.0. The van der Waals surface area contributed by atoms with Gasteiger partial charge in [-0.3, -0.25) is 0 Å². The summed E-state index contributed by atoms with van der Waals surface area (Å²) in [6.45, 7) is 3.42. The van der Waals surface area contributed by atoms with Gasteiger partial charge >= 0.3 is 12.1 Å². The van der Waals surface area contributed by atoms with Crippen molar-refractivity contribution in [3.8, 4) is 0 Å². The summed E-state index contributed by atoms with van der Waals surface area (Å²) < 4.78 is 45.7. The first-order valence-electron chi connectivity index (χ1n) is 11.2. The highest BCUT2D eigenvalue weighted by Crippen LogP contribution is 2.39. The summed E-state index contributed by atoms with van der Waals surface area (Å²) in [5.41, 5.74) is 0.303. The summed E-state index contributed by atoms with van der Waals surface area (Å²) in [7, 11) is 0. The third-order valence-corrected chi connectivity index (χ3v) is 6.94. The molecule has 0 aliphatic carbocycles. The monoisotopic (exact) mass is 502 g/mol. The molecule has 0 spiro atoms. The number of hydrogen-bond donors (Lipinski definition) is 1. The Bertz CT molecular complexity index is 1120. The third kappa shape index (κ3) is 6.12. The number of aromatic nitrogens is 2. The lowest BCUT2D eigenvalue weighted by molar-refractivity contribution is -0.137. The van der Waals surface area contributed by atoms with Gasteiger partial charge in [-0.15, -0.1) is 0 Å². The quantitative estimate of drug-likeness (QED) is 0.324. The molecule has 4 rings (SSSR count). The number of esters is 1. The van der Waals surface area contributed by atoms with Gasteiger partial charge in [-0.25, -0.2) is 19.1 Å². The van der Waals surface area contributed by atoms with Crippen molar-refractivity contribution in [2.24, 2.45) is 0 Å². The van der Waals surface area contributed by atoms with E-state index < -0.39 is 23.2 Å². The van der Waals surface area contributed by atoms with Gasteiger partial charge < -0.3 is 10.1 Å². The molecule has 1 N–H and O–H groups in total.